The number of aromatic nitrogens is 3. The van der Waals surface area contributed by atoms with Crippen LogP contribution in [0.1, 0.15) is 22.5 Å². The molecule has 7 nitrogen and oxygen atoms in total. The highest BCUT2D eigenvalue weighted by molar-refractivity contribution is 5.93. The molecule has 1 aliphatic rings. The van der Waals surface area contributed by atoms with E-state index in [2.05, 4.69) is 14.7 Å². The van der Waals surface area contributed by atoms with Gasteiger partial charge >= 0.3 is 0 Å². The van der Waals surface area contributed by atoms with Gasteiger partial charge in [-0.2, -0.15) is 0 Å². The predicted octanol–water partition coefficient (Wildman–Crippen LogP) is 2.75. The number of hydrogen-bond donors (Lipinski definition) is 0. The van der Waals surface area contributed by atoms with Crippen molar-refractivity contribution < 1.29 is 18.4 Å². The minimum Gasteiger partial charge on any atom is -0.476 e. The largest absolute Gasteiger partial charge is 0.476 e. The number of halogens is 1. The highest BCUT2D eigenvalue weighted by atomic mass is 19.1. The molecule has 4 rings (SSSR count). The van der Waals surface area contributed by atoms with E-state index in [-0.39, 0.29) is 17.7 Å². The van der Waals surface area contributed by atoms with Crippen molar-refractivity contribution in [1.29, 1.82) is 0 Å². The van der Waals surface area contributed by atoms with E-state index in [9.17, 15) is 9.18 Å². The van der Waals surface area contributed by atoms with E-state index in [0.29, 0.717) is 31.7 Å². The fourth-order valence-corrected chi connectivity index (χ4v) is 3.31. The lowest BCUT2D eigenvalue weighted by molar-refractivity contribution is 0.0711. The number of carbonyl (C=O) groups excluding carboxylic acids is 1. The molecule has 8 heteroatoms. The molecule has 0 saturated carbocycles. The van der Waals surface area contributed by atoms with Gasteiger partial charge in [0, 0.05) is 31.2 Å². The van der Waals surface area contributed by atoms with E-state index in [1.165, 1.54) is 30.8 Å². The zero-order chi connectivity index (χ0) is 18.6. The normalized spacial score (nSPS) is 16.6. The molecule has 27 heavy (non-hydrogen) atoms. The zero-order valence-electron chi connectivity index (χ0n) is 14.6. The van der Waals surface area contributed by atoms with E-state index >= 15 is 0 Å². The standard InChI is InChI=1S/C19H19FN4O3/c20-17-4-1-6-21-18(17)26-8-5-14-10-23-7-2-3-16(23)12-24(11-14)19(25)15-9-22-27-13-15/h1-4,6-7,9,13-14H,5,8,10-12H2/t14-/m1/s1. The molecule has 0 unspecified atom stereocenters. The van der Waals surface area contributed by atoms with Crippen molar-refractivity contribution in [3.8, 4) is 5.88 Å². The average molecular weight is 370 g/mol. The maximum atomic E-state index is 13.6. The molecule has 3 aromatic rings. The maximum absolute atomic E-state index is 13.6. The molecule has 1 atom stereocenters. The average Bonchev–Trinajstić information content (AvgIpc) is 3.32. The Kier molecular flexibility index (Phi) is 4.86. The van der Waals surface area contributed by atoms with Crippen LogP contribution in [0.15, 0.2) is 53.6 Å². The van der Waals surface area contributed by atoms with E-state index in [0.717, 1.165) is 12.2 Å². The van der Waals surface area contributed by atoms with Gasteiger partial charge in [0.2, 0.25) is 5.88 Å². The number of hydrogen-bond acceptors (Lipinski definition) is 5. The summed E-state index contributed by atoms with van der Waals surface area (Å²) < 4.78 is 26.1. The zero-order valence-corrected chi connectivity index (χ0v) is 14.6. The number of rotatable bonds is 5. The van der Waals surface area contributed by atoms with Crippen LogP contribution in [0.2, 0.25) is 0 Å². The lowest BCUT2D eigenvalue weighted by Crippen LogP contribution is -2.34. The van der Waals surface area contributed by atoms with Crippen LogP contribution < -0.4 is 4.74 Å². The fraction of sp³-hybridized carbons (Fsp3) is 0.316. The Hall–Kier alpha value is -3.16. The smallest absolute Gasteiger partial charge is 0.259 e. The number of fused-ring (bicyclic) bond motifs is 1. The van der Waals surface area contributed by atoms with Gasteiger partial charge in [-0.25, -0.2) is 9.37 Å². The Morgan fingerprint density at radius 2 is 2.26 bits per heavy atom. The molecular weight excluding hydrogens is 351 g/mol. The second-order valence-electron chi connectivity index (χ2n) is 6.54. The molecule has 0 radical (unpaired) electrons. The van der Waals surface area contributed by atoms with Gasteiger partial charge in [0.1, 0.15) is 6.26 Å². The summed E-state index contributed by atoms with van der Waals surface area (Å²) in [7, 11) is 0. The first-order valence-electron chi connectivity index (χ1n) is 8.76. The predicted molar refractivity (Wildman–Crippen MR) is 93.5 cm³/mol. The second kappa shape index (κ2) is 7.61. The summed E-state index contributed by atoms with van der Waals surface area (Å²) in [5, 5.41) is 3.62. The number of nitrogens with zero attached hydrogens (tertiary/aromatic N) is 4. The Balaban J connectivity index is 1.45. The van der Waals surface area contributed by atoms with E-state index < -0.39 is 5.82 Å². The molecule has 0 N–H and O–H groups in total. The van der Waals surface area contributed by atoms with Gasteiger partial charge in [0.15, 0.2) is 5.82 Å². The van der Waals surface area contributed by atoms with Crippen LogP contribution in [-0.4, -0.2) is 38.7 Å². The molecule has 0 fully saturated rings. The van der Waals surface area contributed by atoms with Crippen LogP contribution in [0.4, 0.5) is 4.39 Å². The van der Waals surface area contributed by atoms with Gasteiger partial charge in [-0.15, -0.1) is 0 Å². The van der Waals surface area contributed by atoms with Gasteiger partial charge in [0.05, 0.1) is 24.9 Å². The minimum absolute atomic E-state index is 0.00480. The Morgan fingerprint density at radius 1 is 1.33 bits per heavy atom. The summed E-state index contributed by atoms with van der Waals surface area (Å²) in [6.07, 6.45) is 6.95. The molecule has 0 aliphatic carbocycles. The summed E-state index contributed by atoms with van der Waals surface area (Å²) in [6.45, 7) is 2.18. The third-order valence-corrected chi connectivity index (χ3v) is 4.67. The molecular formula is C19H19FN4O3. The number of carbonyl (C=O) groups is 1. The van der Waals surface area contributed by atoms with E-state index in [1.807, 2.05) is 18.3 Å². The van der Waals surface area contributed by atoms with E-state index in [1.54, 1.807) is 4.90 Å². The van der Waals surface area contributed by atoms with Gasteiger partial charge in [-0.05, 0) is 36.6 Å². The number of pyridine rings is 1. The molecule has 0 bridgehead atoms. The summed E-state index contributed by atoms with van der Waals surface area (Å²) in [4.78, 5) is 18.4. The summed E-state index contributed by atoms with van der Waals surface area (Å²) >= 11 is 0. The van der Waals surface area contributed by atoms with Crippen LogP contribution in [0.25, 0.3) is 0 Å². The second-order valence-corrected chi connectivity index (χ2v) is 6.54. The topological polar surface area (TPSA) is 73.4 Å². The van der Waals surface area contributed by atoms with Crippen molar-refractivity contribution in [2.45, 2.75) is 19.5 Å². The van der Waals surface area contributed by atoms with Crippen molar-refractivity contribution in [3.63, 3.8) is 0 Å². The third-order valence-electron chi connectivity index (χ3n) is 4.67. The van der Waals surface area contributed by atoms with Crippen LogP contribution in [0.3, 0.4) is 0 Å². The van der Waals surface area contributed by atoms with E-state index in [4.69, 9.17) is 9.26 Å². The van der Waals surface area contributed by atoms with Crippen molar-refractivity contribution in [3.05, 3.63) is 66.2 Å². The Morgan fingerprint density at radius 3 is 3.07 bits per heavy atom. The fourth-order valence-electron chi connectivity index (χ4n) is 3.31. The Bertz CT molecular complexity index is 909. The van der Waals surface area contributed by atoms with Crippen molar-refractivity contribution in [2.24, 2.45) is 5.92 Å². The molecule has 140 valence electrons. The molecule has 1 aliphatic heterocycles. The van der Waals surface area contributed by atoms with Crippen LogP contribution in [0.5, 0.6) is 5.88 Å². The minimum atomic E-state index is -0.477. The monoisotopic (exact) mass is 370 g/mol. The van der Waals surface area contributed by atoms with Gasteiger partial charge in [-0.1, -0.05) is 5.16 Å². The molecule has 4 heterocycles. The first-order valence-corrected chi connectivity index (χ1v) is 8.76. The van der Waals surface area contributed by atoms with Crippen LogP contribution in [-0.2, 0) is 13.1 Å². The third kappa shape index (κ3) is 3.84. The quantitative estimate of drug-likeness (QED) is 0.690. The van der Waals surface area contributed by atoms with Crippen molar-refractivity contribution >= 4 is 5.91 Å². The van der Waals surface area contributed by atoms with Crippen LogP contribution >= 0.6 is 0 Å². The van der Waals surface area contributed by atoms with Crippen molar-refractivity contribution in [1.82, 2.24) is 19.6 Å². The summed E-state index contributed by atoms with van der Waals surface area (Å²) in [6, 6.07) is 6.82. The molecule has 3 aromatic heterocycles. The lowest BCUT2D eigenvalue weighted by Gasteiger charge is -2.23. The van der Waals surface area contributed by atoms with Crippen molar-refractivity contribution in [2.75, 3.05) is 13.2 Å². The first kappa shape index (κ1) is 17.3. The first-order chi connectivity index (χ1) is 13.2. The SMILES string of the molecule is O=C(c1cnoc1)N1Cc2cccn2C[C@@H](CCOc2ncccc2F)C1. The Labute approximate surface area is 155 Å². The molecule has 0 spiro atoms. The summed E-state index contributed by atoms with van der Waals surface area (Å²) in [5.41, 5.74) is 1.50. The highest BCUT2D eigenvalue weighted by Gasteiger charge is 2.26. The van der Waals surface area contributed by atoms with Gasteiger partial charge in [0.25, 0.3) is 5.91 Å². The van der Waals surface area contributed by atoms with Gasteiger partial charge < -0.3 is 18.7 Å². The van der Waals surface area contributed by atoms with Crippen LogP contribution in [0, 0.1) is 11.7 Å². The maximum Gasteiger partial charge on any atom is 0.259 e. The lowest BCUT2D eigenvalue weighted by atomic mass is 10.1. The summed E-state index contributed by atoms with van der Waals surface area (Å²) in [5.74, 6) is -0.428. The number of amides is 1. The molecule has 0 saturated heterocycles. The van der Waals surface area contributed by atoms with Gasteiger partial charge in [-0.3, -0.25) is 4.79 Å². The number of ether oxygens (including phenoxy) is 1. The highest BCUT2D eigenvalue weighted by Crippen LogP contribution is 2.22. The molecule has 1 amide bonds. The molecule has 0 aromatic carbocycles.